The van der Waals surface area contributed by atoms with Crippen molar-refractivity contribution in [2.75, 3.05) is 18.4 Å². The van der Waals surface area contributed by atoms with Crippen LogP contribution in [0.25, 0.3) is 16.9 Å². The second-order valence-electron chi connectivity index (χ2n) is 6.60. The minimum Gasteiger partial charge on any atom is -0.325 e. The van der Waals surface area contributed by atoms with Crippen molar-refractivity contribution in [3.05, 3.63) is 51.4 Å². The highest BCUT2D eigenvalue weighted by molar-refractivity contribution is 5.91. The lowest BCUT2D eigenvalue weighted by atomic mass is 10.1. The number of carbonyl (C=O) groups is 1. The first kappa shape index (κ1) is 17.2. The van der Waals surface area contributed by atoms with Crippen LogP contribution in [0.3, 0.4) is 0 Å². The van der Waals surface area contributed by atoms with Gasteiger partial charge in [0.25, 0.3) is 5.56 Å². The van der Waals surface area contributed by atoms with Gasteiger partial charge in [-0.1, -0.05) is 12.1 Å². The lowest BCUT2D eigenvalue weighted by Gasteiger charge is -2.25. The van der Waals surface area contributed by atoms with Crippen LogP contribution in [0, 0.1) is 0 Å². The van der Waals surface area contributed by atoms with Crippen molar-refractivity contribution in [3.63, 3.8) is 0 Å². The van der Waals surface area contributed by atoms with Crippen molar-refractivity contribution in [2.45, 2.75) is 25.8 Å². The number of hydrogen-bond acceptors (Lipinski definition) is 5. The van der Waals surface area contributed by atoms with E-state index in [2.05, 4.69) is 20.6 Å². The number of benzene rings is 1. The number of rotatable bonds is 3. The standard InChI is InChI=1S/C18H20N6O3/c1-11(25)21-13-4-2-3-5-14(13)24-17-15(16(26)22-18(24)27)20-10-23(17)12-6-8-19-9-7-12/h2-5,10,12,19H,6-9H2,1H3,(H,21,25)(H,22,26,27). The highest BCUT2D eigenvalue weighted by Crippen LogP contribution is 2.26. The summed E-state index contributed by atoms with van der Waals surface area (Å²) in [5.74, 6) is -0.247. The van der Waals surface area contributed by atoms with Gasteiger partial charge in [-0.2, -0.15) is 0 Å². The van der Waals surface area contributed by atoms with Gasteiger partial charge >= 0.3 is 5.69 Å². The molecule has 9 heteroatoms. The van der Waals surface area contributed by atoms with Gasteiger partial charge in [0.2, 0.25) is 5.91 Å². The second-order valence-corrected chi connectivity index (χ2v) is 6.60. The molecule has 0 saturated carbocycles. The zero-order valence-corrected chi connectivity index (χ0v) is 14.9. The molecule has 1 saturated heterocycles. The minimum atomic E-state index is -0.569. The number of hydrogen-bond donors (Lipinski definition) is 3. The molecule has 1 fully saturated rings. The Hall–Kier alpha value is -3.20. The average Bonchev–Trinajstić information content (AvgIpc) is 3.09. The molecule has 0 atom stereocenters. The molecular formula is C18H20N6O3. The fraction of sp³-hybridized carbons (Fsp3) is 0.333. The summed E-state index contributed by atoms with van der Waals surface area (Å²) in [6.07, 6.45) is 3.37. The Kier molecular flexibility index (Phi) is 4.36. The van der Waals surface area contributed by atoms with Crippen molar-refractivity contribution in [1.29, 1.82) is 0 Å². The highest BCUT2D eigenvalue weighted by Gasteiger charge is 2.22. The molecule has 0 radical (unpaired) electrons. The number of nitrogens with one attached hydrogen (secondary N) is 3. The number of aromatic nitrogens is 4. The lowest BCUT2D eigenvalue weighted by molar-refractivity contribution is -0.114. The molecule has 3 N–H and O–H groups in total. The van der Waals surface area contributed by atoms with E-state index in [1.807, 2.05) is 4.57 Å². The maximum Gasteiger partial charge on any atom is 0.334 e. The zero-order chi connectivity index (χ0) is 19.0. The lowest BCUT2D eigenvalue weighted by Crippen LogP contribution is -2.33. The van der Waals surface area contributed by atoms with Crippen LogP contribution in [0.2, 0.25) is 0 Å². The normalized spacial score (nSPS) is 15.1. The number of amides is 1. The summed E-state index contributed by atoms with van der Waals surface area (Å²) < 4.78 is 3.31. The quantitative estimate of drug-likeness (QED) is 0.632. The van der Waals surface area contributed by atoms with Crippen molar-refractivity contribution < 1.29 is 4.79 Å². The Bertz CT molecular complexity index is 1120. The fourth-order valence-corrected chi connectivity index (χ4v) is 3.58. The van der Waals surface area contributed by atoms with E-state index in [9.17, 15) is 14.4 Å². The first-order valence-corrected chi connectivity index (χ1v) is 8.86. The van der Waals surface area contributed by atoms with E-state index < -0.39 is 11.2 Å². The van der Waals surface area contributed by atoms with Gasteiger partial charge in [0, 0.05) is 13.0 Å². The van der Waals surface area contributed by atoms with Gasteiger partial charge in [0.15, 0.2) is 11.2 Å². The molecule has 4 rings (SSSR count). The number of H-pyrrole nitrogens is 1. The molecule has 0 bridgehead atoms. The van der Waals surface area contributed by atoms with Crippen LogP contribution in [0.5, 0.6) is 0 Å². The molecule has 9 nitrogen and oxygen atoms in total. The second kappa shape index (κ2) is 6.84. The van der Waals surface area contributed by atoms with Crippen LogP contribution in [-0.4, -0.2) is 38.1 Å². The maximum atomic E-state index is 12.8. The molecule has 1 amide bonds. The molecule has 1 aliphatic heterocycles. The molecule has 2 aromatic heterocycles. The van der Waals surface area contributed by atoms with Crippen molar-refractivity contribution in [1.82, 2.24) is 24.4 Å². The molecule has 0 aliphatic carbocycles. The maximum absolute atomic E-state index is 12.8. The monoisotopic (exact) mass is 368 g/mol. The molecule has 140 valence electrons. The fourth-order valence-electron chi connectivity index (χ4n) is 3.58. The molecule has 27 heavy (non-hydrogen) atoms. The number of piperidine rings is 1. The highest BCUT2D eigenvalue weighted by atomic mass is 16.2. The zero-order valence-electron chi connectivity index (χ0n) is 14.9. The van der Waals surface area contributed by atoms with Gasteiger partial charge in [-0.05, 0) is 38.1 Å². The Morgan fingerprint density at radius 2 is 1.96 bits per heavy atom. The summed E-state index contributed by atoms with van der Waals surface area (Å²) in [6, 6.07) is 7.12. The third-order valence-corrected chi connectivity index (χ3v) is 4.78. The Morgan fingerprint density at radius 3 is 2.70 bits per heavy atom. The number of imidazole rings is 1. The largest absolute Gasteiger partial charge is 0.334 e. The number of para-hydroxylation sites is 2. The summed E-state index contributed by atoms with van der Waals surface area (Å²) in [5, 5.41) is 6.05. The third-order valence-electron chi connectivity index (χ3n) is 4.78. The van der Waals surface area contributed by atoms with Crippen molar-refractivity contribution in [2.24, 2.45) is 0 Å². The van der Waals surface area contributed by atoms with Crippen LogP contribution in [0.1, 0.15) is 25.8 Å². The Balaban J connectivity index is 2.01. The van der Waals surface area contributed by atoms with Crippen LogP contribution in [-0.2, 0) is 4.79 Å². The smallest absolute Gasteiger partial charge is 0.325 e. The molecule has 0 spiro atoms. The molecule has 3 heterocycles. The predicted molar refractivity (Wildman–Crippen MR) is 101 cm³/mol. The Morgan fingerprint density at radius 1 is 1.22 bits per heavy atom. The summed E-state index contributed by atoms with van der Waals surface area (Å²) in [6.45, 7) is 3.13. The van der Waals surface area contributed by atoms with E-state index in [1.54, 1.807) is 30.6 Å². The summed E-state index contributed by atoms with van der Waals surface area (Å²) in [7, 11) is 0. The topological polar surface area (TPSA) is 114 Å². The summed E-state index contributed by atoms with van der Waals surface area (Å²) in [5.41, 5.74) is 0.518. The number of aromatic amines is 1. The summed E-state index contributed by atoms with van der Waals surface area (Å²) >= 11 is 0. The van der Waals surface area contributed by atoms with Crippen LogP contribution < -0.4 is 21.9 Å². The number of fused-ring (bicyclic) bond motifs is 1. The van der Waals surface area contributed by atoms with E-state index in [1.165, 1.54) is 11.5 Å². The number of anilines is 1. The van der Waals surface area contributed by atoms with Crippen LogP contribution in [0.15, 0.2) is 40.2 Å². The van der Waals surface area contributed by atoms with Crippen molar-refractivity contribution >= 4 is 22.8 Å². The van der Waals surface area contributed by atoms with Gasteiger partial charge < -0.3 is 15.2 Å². The minimum absolute atomic E-state index is 0.136. The van der Waals surface area contributed by atoms with Gasteiger partial charge in [0.05, 0.1) is 17.7 Å². The van der Waals surface area contributed by atoms with E-state index in [-0.39, 0.29) is 17.5 Å². The van der Waals surface area contributed by atoms with Crippen molar-refractivity contribution in [3.8, 4) is 5.69 Å². The van der Waals surface area contributed by atoms with E-state index in [0.29, 0.717) is 17.0 Å². The van der Waals surface area contributed by atoms with Crippen LogP contribution >= 0.6 is 0 Å². The van der Waals surface area contributed by atoms with E-state index in [0.717, 1.165) is 25.9 Å². The summed E-state index contributed by atoms with van der Waals surface area (Å²) in [4.78, 5) is 43.3. The number of carbonyl (C=O) groups excluding carboxylic acids is 1. The molecule has 3 aromatic rings. The first-order valence-electron chi connectivity index (χ1n) is 8.86. The number of nitrogens with zero attached hydrogens (tertiary/aromatic N) is 3. The first-order chi connectivity index (χ1) is 13.1. The third kappa shape index (κ3) is 3.06. The van der Waals surface area contributed by atoms with Gasteiger partial charge in [-0.15, -0.1) is 0 Å². The molecular weight excluding hydrogens is 348 g/mol. The van der Waals surface area contributed by atoms with E-state index in [4.69, 9.17) is 0 Å². The van der Waals surface area contributed by atoms with E-state index >= 15 is 0 Å². The van der Waals surface area contributed by atoms with Gasteiger partial charge in [-0.25, -0.2) is 14.3 Å². The molecule has 1 aliphatic rings. The Labute approximate surface area is 154 Å². The SMILES string of the molecule is CC(=O)Nc1ccccc1-n1c(=O)[nH]c(=O)c2ncn(C3CCNCC3)c21. The predicted octanol–water partition coefficient (Wildman–Crippen LogP) is 0.758. The van der Waals surface area contributed by atoms with Gasteiger partial charge in [-0.3, -0.25) is 14.6 Å². The average molecular weight is 368 g/mol. The molecule has 1 aromatic carbocycles. The van der Waals surface area contributed by atoms with Gasteiger partial charge in [0.1, 0.15) is 0 Å². The molecule has 0 unspecified atom stereocenters. The van der Waals surface area contributed by atoms with Crippen LogP contribution in [0.4, 0.5) is 5.69 Å².